The fourth-order valence-corrected chi connectivity index (χ4v) is 4.94. The molecule has 0 aliphatic carbocycles. The minimum atomic E-state index is -0.357. The molecule has 5 aromatic rings. The molecule has 0 aliphatic rings. The maximum Gasteiger partial charge on any atom is 0.272 e. The van der Waals surface area contributed by atoms with Gasteiger partial charge >= 0.3 is 0 Å². The van der Waals surface area contributed by atoms with Crippen LogP contribution in [0.1, 0.15) is 38.4 Å². The number of carbonyl (C=O) groups is 2. The van der Waals surface area contributed by atoms with Gasteiger partial charge in [-0.1, -0.05) is 60.7 Å². The summed E-state index contributed by atoms with van der Waals surface area (Å²) in [5.74, 6) is 0.866. The number of amides is 1. The molecule has 1 aromatic heterocycles. The number of nitrogens with zero attached hydrogens (tertiary/aromatic N) is 1. The van der Waals surface area contributed by atoms with Gasteiger partial charge in [-0.15, -0.1) is 0 Å². The molecule has 0 aliphatic heterocycles. The van der Waals surface area contributed by atoms with Gasteiger partial charge in [0.25, 0.3) is 5.91 Å². The van der Waals surface area contributed by atoms with Crippen LogP contribution < -0.4 is 19.7 Å². The lowest BCUT2D eigenvalue weighted by Gasteiger charge is -2.20. The van der Waals surface area contributed by atoms with Crippen LogP contribution in [0.2, 0.25) is 0 Å². The standard InChI is InChI=1S/C34H33N3O4/c1-37(26-19-20-29(40-2)30(22-26)41-3)21-9-10-23-15-17-25(18-16-23)35-34(39)32-31(27-13-7-8-14-28(27)36-32)33(38)24-11-5-4-6-12-24/h4-8,11-20,22,36H,9-10,21H2,1-3H3,(H,35,39). The van der Waals surface area contributed by atoms with E-state index in [0.717, 1.165) is 36.0 Å². The highest BCUT2D eigenvalue weighted by Gasteiger charge is 2.24. The molecule has 0 spiro atoms. The molecular weight excluding hydrogens is 514 g/mol. The second kappa shape index (κ2) is 12.4. The van der Waals surface area contributed by atoms with Gasteiger partial charge in [-0.2, -0.15) is 0 Å². The first-order chi connectivity index (χ1) is 20.0. The van der Waals surface area contributed by atoms with E-state index in [1.54, 1.807) is 26.4 Å². The van der Waals surface area contributed by atoms with Crippen LogP contribution in [0, 0.1) is 0 Å². The van der Waals surface area contributed by atoms with Gasteiger partial charge in [0, 0.05) is 47.5 Å². The number of rotatable bonds is 11. The molecule has 0 unspecified atom stereocenters. The monoisotopic (exact) mass is 547 g/mol. The summed E-state index contributed by atoms with van der Waals surface area (Å²) in [5, 5.41) is 3.68. The Morgan fingerprint density at radius 1 is 0.829 bits per heavy atom. The maximum absolute atomic E-state index is 13.4. The zero-order valence-corrected chi connectivity index (χ0v) is 23.4. The lowest BCUT2D eigenvalue weighted by Crippen LogP contribution is -2.19. The molecule has 4 aromatic carbocycles. The number of aryl methyl sites for hydroxylation is 1. The molecular formula is C34H33N3O4. The van der Waals surface area contributed by atoms with E-state index in [1.807, 2.05) is 84.9 Å². The molecule has 0 fully saturated rings. The van der Waals surface area contributed by atoms with Crippen LogP contribution in [-0.4, -0.2) is 44.5 Å². The van der Waals surface area contributed by atoms with Crippen LogP contribution in [0.3, 0.4) is 0 Å². The van der Waals surface area contributed by atoms with Crippen molar-refractivity contribution in [3.63, 3.8) is 0 Å². The first-order valence-electron chi connectivity index (χ1n) is 13.5. The lowest BCUT2D eigenvalue weighted by molar-refractivity contribution is 0.0994. The number of hydrogen-bond acceptors (Lipinski definition) is 5. The number of aromatic amines is 1. The molecule has 0 atom stereocenters. The number of methoxy groups -OCH3 is 2. The van der Waals surface area contributed by atoms with Gasteiger partial charge in [-0.25, -0.2) is 0 Å². The van der Waals surface area contributed by atoms with E-state index in [-0.39, 0.29) is 17.4 Å². The number of para-hydroxylation sites is 1. The molecule has 1 amide bonds. The van der Waals surface area contributed by atoms with Crippen molar-refractivity contribution in [1.82, 2.24) is 4.98 Å². The number of benzene rings is 4. The molecule has 41 heavy (non-hydrogen) atoms. The molecule has 7 heteroatoms. The third kappa shape index (κ3) is 6.09. The highest BCUT2D eigenvalue weighted by Crippen LogP contribution is 2.31. The van der Waals surface area contributed by atoms with Crippen molar-refractivity contribution >= 4 is 34.0 Å². The molecule has 0 saturated carbocycles. The predicted molar refractivity (Wildman–Crippen MR) is 164 cm³/mol. The number of ether oxygens (including phenoxy) is 2. The number of nitrogens with one attached hydrogen (secondary N) is 2. The Hall–Kier alpha value is -5.04. The Balaban J connectivity index is 1.24. The Morgan fingerprint density at radius 3 is 2.27 bits per heavy atom. The predicted octanol–water partition coefficient (Wildman–Crippen LogP) is 6.74. The molecule has 0 radical (unpaired) electrons. The van der Waals surface area contributed by atoms with Crippen molar-refractivity contribution in [2.24, 2.45) is 0 Å². The number of H-pyrrole nitrogens is 1. The van der Waals surface area contributed by atoms with E-state index >= 15 is 0 Å². The van der Waals surface area contributed by atoms with E-state index in [2.05, 4.69) is 22.2 Å². The third-order valence-corrected chi connectivity index (χ3v) is 7.17. The van der Waals surface area contributed by atoms with Crippen LogP contribution in [0.15, 0.2) is 97.1 Å². The van der Waals surface area contributed by atoms with Gasteiger partial charge in [0.05, 0.1) is 19.8 Å². The van der Waals surface area contributed by atoms with E-state index in [0.29, 0.717) is 28.3 Å². The third-order valence-electron chi connectivity index (χ3n) is 7.17. The lowest BCUT2D eigenvalue weighted by atomic mass is 10.00. The zero-order valence-electron chi connectivity index (χ0n) is 23.4. The Morgan fingerprint density at radius 2 is 1.54 bits per heavy atom. The number of carbonyl (C=O) groups excluding carboxylic acids is 2. The van der Waals surface area contributed by atoms with E-state index in [4.69, 9.17) is 9.47 Å². The van der Waals surface area contributed by atoms with Gasteiger partial charge < -0.3 is 24.7 Å². The normalized spacial score (nSPS) is 10.8. The number of anilines is 2. The van der Waals surface area contributed by atoms with Gasteiger partial charge in [-0.05, 0) is 48.7 Å². The number of ketones is 1. The van der Waals surface area contributed by atoms with Crippen LogP contribution in [0.4, 0.5) is 11.4 Å². The molecule has 2 N–H and O–H groups in total. The smallest absolute Gasteiger partial charge is 0.272 e. The van der Waals surface area contributed by atoms with E-state index in [9.17, 15) is 9.59 Å². The molecule has 0 bridgehead atoms. The molecule has 0 saturated heterocycles. The summed E-state index contributed by atoms with van der Waals surface area (Å²) in [5.41, 5.74) is 4.80. The molecule has 208 valence electrons. The summed E-state index contributed by atoms with van der Waals surface area (Å²) < 4.78 is 10.8. The van der Waals surface area contributed by atoms with Crippen molar-refractivity contribution < 1.29 is 19.1 Å². The minimum Gasteiger partial charge on any atom is -0.493 e. The van der Waals surface area contributed by atoms with Crippen molar-refractivity contribution in [2.75, 3.05) is 38.0 Å². The van der Waals surface area contributed by atoms with Crippen molar-refractivity contribution in [3.8, 4) is 11.5 Å². The Kier molecular flexibility index (Phi) is 8.34. The van der Waals surface area contributed by atoms with Gasteiger partial charge in [0.1, 0.15) is 5.69 Å². The summed E-state index contributed by atoms with van der Waals surface area (Å²) in [4.78, 5) is 32.1. The average Bonchev–Trinajstić information content (AvgIpc) is 3.41. The van der Waals surface area contributed by atoms with Crippen LogP contribution in [0.5, 0.6) is 11.5 Å². The second-order valence-electron chi connectivity index (χ2n) is 9.83. The van der Waals surface area contributed by atoms with Crippen LogP contribution in [-0.2, 0) is 6.42 Å². The summed E-state index contributed by atoms with van der Waals surface area (Å²) in [6, 6.07) is 30.2. The Labute approximate surface area is 239 Å². The largest absolute Gasteiger partial charge is 0.493 e. The fourth-order valence-electron chi connectivity index (χ4n) is 4.94. The Bertz CT molecular complexity index is 1660. The minimum absolute atomic E-state index is 0.193. The maximum atomic E-state index is 13.4. The summed E-state index contributed by atoms with van der Waals surface area (Å²) in [7, 11) is 5.32. The first kappa shape index (κ1) is 27.5. The van der Waals surface area contributed by atoms with Gasteiger partial charge in [0.15, 0.2) is 17.3 Å². The molecule has 7 nitrogen and oxygen atoms in total. The highest BCUT2D eigenvalue weighted by molar-refractivity contribution is 6.23. The highest BCUT2D eigenvalue weighted by atomic mass is 16.5. The van der Waals surface area contributed by atoms with Crippen LogP contribution >= 0.6 is 0 Å². The second-order valence-corrected chi connectivity index (χ2v) is 9.83. The first-order valence-corrected chi connectivity index (χ1v) is 13.5. The quantitative estimate of drug-likeness (QED) is 0.179. The van der Waals surface area contributed by atoms with Gasteiger partial charge in [0.2, 0.25) is 0 Å². The molecule has 5 rings (SSSR count). The zero-order chi connectivity index (χ0) is 28.8. The van der Waals surface area contributed by atoms with Crippen molar-refractivity contribution in [1.29, 1.82) is 0 Å². The van der Waals surface area contributed by atoms with Crippen LogP contribution in [0.25, 0.3) is 10.9 Å². The fraction of sp³-hybridized carbons (Fsp3) is 0.176. The van der Waals surface area contributed by atoms with Crippen molar-refractivity contribution in [3.05, 3.63) is 119 Å². The topological polar surface area (TPSA) is 83.7 Å². The van der Waals surface area contributed by atoms with Crippen molar-refractivity contribution in [2.45, 2.75) is 12.8 Å². The summed E-state index contributed by atoms with van der Waals surface area (Å²) in [6.07, 6.45) is 1.85. The van der Waals surface area contributed by atoms with E-state index < -0.39 is 0 Å². The van der Waals surface area contributed by atoms with Gasteiger partial charge in [-0.3, -0.25) is 9.59 Å². The summed E-state index contributed by atoms with van der Waals surface area (Å²) >= 11 is 0. The summed E-state index contributed by atoms with van der Waals surface area (Å²) in [6.45, 7) is 0.868. The van der Waals surface area contributed by atoms with E-state index in [1.165, 1.54) is 5.56 Å². The number of aromatic nitrogens is 1. The number of fused-ring (bicyclic) bond motifs is 1. The average molecular weight is 548 g/mol. The molecule has 1 heterocycles. The number of hydrogen-bond donors (Lipinski definition) is 2. The SMILES string of the molecule is COc1ccc(N(C)CCCc2ccc(NC(=O)c3[nH]c4ccccc4c3C(=O)c3ccccc3)cc2)cc1OC.